The van der Waals surface area contributed by atoms with E-state index >= 15 is 0 Å². The fourth-order valence-electron chi connectivity index (χ4n) is 1.64. The number of primary sulfonamides is 1. The van der Waals surface area contributed by atoms with E-state index < -0.39 is 10.0 Å². The van der Waals surface area contributed by atoms with Crippen molar-refractivity contribution in [1.29, 1.82) is 0 Å². The van der Waals surface area contributed by atoms with Crippen LogP contribution < -0.4 is 21.5 Å². The van der Waals surface area contributed by atoms with Gasteiger partial charge in [0.05, 0.1) is 16.3 Å². The minimum absolute atomic E-state index is 0.0416. The van der Waals surface area contributed by atoms with Crippen molar-refractivity contribution in [2.75, 3.05) is 17.6 Å². The Hall–Kier alpha value is -1.80. The van der Waals surface area contributed by atoms with Crippen LogP contribution in [-0.4, -0.2) is 26.9 Å². The zero-order valence-electron chi connectivity index (χ0n) is 12.2. The van der Waals surface area contributed by atoms with Crippen molar-refractivity contribution >= 4 is 27.3 Å². The lowest BCUT2D eigenvalue weighted by Crippen LogP contribution is -2.33. The normalized spacial score (nSPS) is 12.7. The molecular weight excluding hydrogens is 292 g/mol. The number of carbonyl (C=O) groups is 1. The first kappa shape index (κ1) is 17.3. The molecule has 0 radical (unpaired) electrons. The predicted octanol–water partition coefficient (Wildman–Crippen LogP) is 0.633. The van der Waals surface area contributed by atoms with E-state index in [1.807, 2.05) is 13.8 Å². The van der Waals surface area contributed by atoms with Crippen LogP contribution in [0.25, 0.3) is 0 Å². The van der Waals surface area contributed by atoms with Crippen molar-refractivity contribution in [3.8, 4) is 0 Å². The minimum Gasteiger partial charge on any atom is -0.397 e. The molecule has 0 aliphatic rings. The van der Waals surface area contributed by atoms with Crippen molar-refractivity contribution in [3.63, 3.8) is 0 Å². The maximum Gasteiger partial charge on any atom is 0.238 e. The van der Waals surface area contributed by atoms with E-state index in [0.717, 1.165) is 6.42 Å². The summed E-state index contributed by atoms with van der Waals surface area (Å²) in [6, 6.07) is 4.34. The van der Waals surface area contributed by atoms with Gasteiger partial charge in [0.2, 0.25) is 15.9 Å². The van der Waals surface area contributed by atoms with Gasteiger partial charge in [-0.05, 0) is 31.5 Å². The molecule has 0 bridgehead atoms. The highest BCUT2D eigenvalue weighted by Crippen LogP contribution is 2.21. The summed E-state index contributed by atoms with van der Waals surface area (Å²) in [4.78, 5) is 11.6. The zero-order chi connectivity index (χ0) is 16.0. The molecule has 7 nitrogen and oxygen atoms in total. The first-order valence-corrected chi connectivity index (χ1v) is 8.24. The van der Waals surface area contributed by atoms with Crippen LogP contribution >= 0.6 is 0 Å². The van der Waals surface area contributed by atoms with E-state index in [2.05, 4.69) is 10.6 Å². The number of hydrogen-bond donors (Lipinski definition) is 4. The van der Waals surface area contributed by atoms with Crippen molar-refractivity contribution in [3.05, 3.63) is 18.2 Å². The Morgan fingerprint density at radius 3 is 2.57 bits per heavy atom. The number of carbonyl (C=O) groups excluding carboxylic acids is 1. The molecule has 21 heavy (non-hydrogen) atoms. The van der Waals surface area contributed by atoms with Crippen LogP contribution in [0.4, 0.5) is 11.4 Å². The van der Waals surface area contributed by atoms with Crippen molar-refractivity contribution in [2.24, 2.45) is 5.14 Å². The smallest absolute Gasteiger partial charge is 0.238 e. The molecule has 118 valence electrons. The Bertz CT molecular complexity index is 601. The topological polar surface area (TPSA) is 127 Å². The standard InChI is InChI=1S/C13H22N4O3S/c1-3-9(2)17-13(18)6-7-16-12-5-4-10(8-11(12)14)21(15,19)20/h4-5,8-9,16H,3,6-7,14H2,1-2H3,(H,17,18)(H2,15,19,20). The zero-order valence-corrected chi connectivity index (χ0v) is 13.0. The molecule has 1 amide bonds. The third kappa shape index (κ3) is 5.60. The quantitative estimate of drug-likeness (QED) is 0.549. The number of benzene rings is 1. The molecule has 1 rings (SSSR count). The Balaban J connectivity index is 2.55. The maximum atomic E-state index is 11.6. The molecule has 0 saturated carbocycles. The van der Waals surface area contributed by atoms with Gasteiger partial charge in [-0.3, -0.25) is 4.79 Å². The van der Waals surface area contributed by atoms with Crippen LogP contribution in [0, 0.1) is 0 Å². The number of rotatable bonds is 7. The van der Waals surface area contributed by atoms with Crippen LogP contribution in [0.1, 0.15) is 26.7 Å². The van der Waals surface area contributed by atoms with Gasteiger partial charge in [-0.1, -0.05) is 6.92 Å². The highest BCUT2D eigenvalue weighted by molar-refractivity contribution is 7.89. The monoisotopic (exact) mass is 314 g/mol. The van der Waals surface area contributed by atoms with Gasteiger partial charge in [0, 0.05) is 19.0 Å². The van der Waals surface area contributed by atoms with Gasteiger partial charge in [0.15, 0.2) is 0 Å². The van der Waals surface area contributed by atoms with Gasteiger partial charge < -0.3 is 16.4 Å². The van der Waals surface area contributed by atoms with Crippen molar-refractivity contribution < 1.29 is 13.2 Å². The lowest BCUT2D eigenvalue weighted by Gasteiger charge is -2.13. The summed E-state index contributed by atoms with van der Waals surface area (Å²) < 4.78 is 22.4. The molecule has 0 aromatic heterocycles. The Morgan fingerprint density at radius 1 is 1.38 bits per heavy atom. The number of nitrogens with two attached hydrogens (primary N) is 2. The highest BCUT2D eigenvalue weighted by Gasteiger charge is 2.10. The summed E-state index contributed by atoms with van der Waals surface area (Å²) in [7, 11) is -3.76. The number of anilines is 2. The highest BCUT2D eigenvalue weighted by atomic mass is 32.2. The van der Waals surface area contributed by atoms with Crippen LogP contribution in [-0.2, 0) is 14.8 Å². The maximum absolute atomic E-state index is 11.6. The average Bonchev–Trinajstić information content (AvgIpc) is 2.39. The van der Waals surface area contributed by atoms with E-state index in [9.17, 15) is 13.2 Å². The van der Waals surface area contributed by atoms with Crippen molar-refractivity contribution in [2.45, 2.75) is 37.6 Å². The molecule has 1 aromatic rings. The first-order valence-electron chi connectivity index (χ1n) is 6.69. The molecule has 0 spiro atoms. The lowest BCUT2D eigenvalue weighted by molar-refractivity contribution is -0.121. The van der Waals surface area contributed by atoms with E-state index in [4.69, 9.17) is 10.9 Å². The molecule has 0 heterocycles. The Labute approximate surface area is 125 Å². The van der Waals surface area contributed by atoms with Gasteiger partial charge in [-0.2, -0.15) is 0 Å². The van der Waals surface area contributed by atoms with Crippen LogP contribution in [0.3, 0.4) is 0 Å². The summed E-state index contributed by atoms with van der Waals surface area (Å²) in [5.41, 5.74) is 6.59. The molecule has 0 aliphatic carbocycles. The summed E-state index contributed by atoms with van der Waals surface area (Å²) in [5, 5.41) is 10.9. The Morgan fingerprint density at radius 2 is 2.05 bits per heavy atom. The molecule has 0 fully saturated rings. The molecule has 1 aromatic carbocycles. The second-order valence-corrected chi connectivity index (χ2v) is 6.41. The number of sulfonamides is 1. The second kappa shape index (κ2) is 7.28. The van der Waals surface area contributed by atoms with E-state index in [1.54, 1.807) is 0 Å². The molecule has 6 N–H and O–H groups in total. The molecule has 0 aliphatic heterocycles. The van der Waals surface area contributed by atoms with Gasteiger partial charge in [0.25, 0.3) is 0 Å². The van der Waals surface area contributed by atoms with E-state index in [-0.39, 0.29) is 22.5 Å². The summed E-state index contributed by atoms with van der Waals surface area (Å²) >= 11 is 0. The van der Waals surface area contributed by atoms with E-state index in [0.29, 0.717) is 18.7 Å². The fraction of sp³-hybridized carbons (Fsp3) is 0.462. The van der Waals surface area contributed by atoms with Gasteiger partial charge >= 0.3 is 0 Å². The number of nitrogen functional groups attached to an aromatic ring is 1. The van der Waals surface area contributed by atoms with E-state index in [1.165, 1.54) is 18.2 Å². The van der Waals surface area contributed by atoms with Crippen LogP contribution in [0.5, 0.6) is 0 Å². The molecule has 1 unspecified atom stereocenters. The van der Waals surface area contributed by atoms with Crippen molar-refractivity contribution in [1.82, 2.24) is 5.32 Å². The second-order valence-electron chi connectivity index (χ2n) is 4.85. The van der Waals surface area contributed by atoms with Gasteiger partial charge in [0.1, 0.15) is 0 Å². The summed E-state index contributed by atoms with van der Waals surface area (Å²) in [6.07, 6.45) is 1.18. The van der Waals surface area contributed by atoms with Crippen LogP contribution in [0.2, 0.25) is 0 Å². The SMILES string of the molecule is CCC(C)NC(=O)CCNc1ccc(S(N)(=O)=O)cc1N. The number of amides is 1. The lowest BCUT2D eigenvalue weighted by atomic mass is 10.2. The molecule has 1 atom stereocenters. The third-order valence-corrected chi connectivity index (χ3v) is 3.95. The summed E-state index contributed by atoms with van der Waals surface area (Å²) in [6.45, 7) is 4.34. The fourth-order valence-corrected chi connectivity index (χ4v) is 2.19. The minimum atomic E-state index is -3.76. The largest absolute Gasteiger partial charge is 0.397 e. The first-order chi connectivity index (χ1) is 9.74. The van der Waals surface area contributed by atoms with Gasteiger partial charge in [-0.15, -0.1) is 0 Å². The van der Waals surface area contributed by atoms with Crippen LogP contribution in [0.15, 0.2) is 23.1 Å². The van der Waals surface area contributed by atoms with Gasteiger partial charge in [-0.25, -0.2) is 13.6 Å². The Kier molecular flexibility index (Phi) is 5.98. The molecule has 0 saturated heterocycles. The molecule has 8 heteroatoms. The number of hydrogen-bond acceptors (Lipinski definition) is 5. The molecular formula is C13H22N4O3S. The average molecular weight is 314 g/mol. The number of nitrogens with one attached hydrogen (secondary N) is 2. The summed E-state index contributed by atoms with van der Waals surface area (Å²) in [5.74, 6) is -0.0448. The third-order valence-electron chi connectivity index (χ3n) is 3.04. The predicted molar refractivity (Wildman–Crippen MR) is 83.2 cm³/mol.